The lowest BCUT2D eigenvalue weighted by Gasteiger charge is -2.12. The summed E-state index contributed by atoms with van der Waals surface area (Å²) in [5, 5.41) is 16.1. The summed E-state index contributed by atoms with van der Waals surface area (Å²) < 4.78 is 0. The maximum atomic E-state index is 11.9. The van der Waals surface area contributed by atoms with Crippen molar-refractivity contribution in [2.24, 2.45) is 0 Å². The normalized spacial score (nSPS) is 9.86. The van der Waals surface area contributed by atoms with Crippen LogP contribution in [0.4, 0.5) is 10.5 Å². The van der Waals surface area contributed by atoms with Crippen LogP contribution in [-0.4, -0.2) is 48.9 Å². The number of carbonyl (C=O) groups is 2. The minimum atomic E-state index is -0.654. The lowest BCUT2D eigenvalue weighted by Crippen LogP contribution is -2.39. The van der Waals surface area contributed by atoms with E-state index in [0.717, 1.165) is 0 Å². The summed E-state index contributed by atoms with van der Waals surface area (Å²) in [7, 11) is 3.17. The Morgan fingerprint density at radius 2 is 1.90 bits per heavy atom. The second-order valence-electron chi connectivity index (χ2n) is 4.30. The number of amides is 3. The number of benzene rings is 1. The van der Waals surface area contributed by atoms with Crippen LogP contribution in [-0.2, 0) is 0 Å². The number of halogens is 1. The number of carbonyl (C=O) groups excluding carboxylic acids is 2. The number of nitro groups is 1. The Hall–Kier alpha value is -2.35. The molecule has 0 saturated carbocycles. The summed E-state index contributed by atoms with van der Waals surface area (Å²) in [4.78, 5) is 34.7. The number of hydrogen-bond acceptors (Lipinski definition) is 4. The van der Waals surface area contributed by atoms with Gasteiger partial charge in [0.25, 0.3) is 11.6 Å². The highest BCUT2D eigenvalue weighted by molar-refractivity contribution is 6.31. The van der Waals surface area contributed by atoms with E-state index in [-0.39, 0.29) is 35.4 Å². The van der Waals surface area contributed by atoms with Crippen molar-refractivity contribution >= 4 is 29.2 Å². The Bertz CT molecular complexity index is 562. The van der Waals surface area contributed by atoms with Crippen molar-refractivity contribution in [1.29, 1.82) is 0 Å². The topological polar surface area (TPSA) is 105 Å². The van der Waals surface area contributed by atoms with Crippen molar-refractivity contribution < 1.29 is 14.5 Å². The highest BCUT2D eigenvalue weighted by Gasteiger charge is 2.20. The minimum Gasteiger partial charge on any atom is -0.350 e. The first-order valence-corrected chi connectivity index (χ1v) is 6.38. The second-order valence-corrected chi connectivity index (χ2v) is 4.74. The molecule has 2 N–H and O–H groups in total. The quantitative estimate of drug-likeness (QED) is 0.485. The molecule has 3 amide bonds. The van der Waals surface area contributed by atoms with E-state index in [1.807, 2.05) is 0 Å². The van der Waals surface area contributed by atoms with Crippen LogP contribution in [0.25, 0.3) is 0 Å². The predicted molar refractivity (Wildman–Crippen MR) is 77.5 cm³/mol. The minimum absolute atomic E-state index is 0.119. The average Bonchev–Trinajstić information content (AvgIpc) is 2.42. The molecule has 0 aliphatic heterocycles. The van der Waals surface area contributed by atoms with E-state index in [2.05, 4.69) is 10.6 Å². The van der Waals surface area contributed by atoms with Crippen molar-refractivity contribution in [1.82, 2.24) is 15.5 Å². The summed E-state index contributed by atoms with van der Waals surface area (Å²) in [5.74, 6) is -0.622. The molecule has 0 aliphatic carbocycles. The smallest absolute Gasteiger partial charge is 0.316 e. The molecule has 1 aromatic carbocycles. The molecule has 0 spiro atoms. The second kappa shape index (κ2) is 7.44. The molecule has 9 heteroatoms. The van der Waals surface area contributed by atoms with E-state index in [1.165, 1.54) is 23.1 Å². The zero-order valence-electron chi connectivity index (χ0n) is 11.6. The van der Waals surface area contributed by atoms with E-state index >= 15 is 0 Å². The Balaban J connectivity index is 2.62. The van der Waals surface area contributed by atoms with Gasteiger partial charge in [-0.15, -0.1) is 0 Å². The predicted octanol–water partition coefficient (Wildman–Crippen LogP) is 1.25. The molecule has 0 heterocycles. The van der Waals surface area contributed by atoms with Gasteiger partial charge in [-0.2, -0.15) is 0 Å². The lowest BCUT2D eigenvalue weighted by atomic mass is 10.1. The van der Waals surface area contributed by atoms with Gasteiger partial charge in [-0.05, 0) is 12.1 Å². The summed E-state index contributed by atoms with van der Waals surface area (Å²) >= 11 is 5.74. The van der Waals surface area contributed by atoms with Crippen molar-refractivity contribution in [3.8, 4) is 0 Å². The van der Waals surface area contributed by atoms with Crippen LogP contribution in [0.2, 0.25) is 5.02 Å². The molecule has 0 radical (unpaired) electrons. The average molecular weight is 315 g/mol. The van der Waals surface area contributed by atoms with Gasteiger partial charge in [-0.25, -0.2) is 4.79 Å². The van der Waals surface area contributed by atoms with Crippen LogP contribution in [0.15, 0.2) is 18.2 Å². The summed E-state index contributed by atoms with van der Waals surface area (Å²) in [6, 6.07) is 3.45. The zero-order valence-corrected chi connectivity index (χ0v) is 12.3. The van der Waals surface area contributed by atoms with E-state index in [4.69, 9.17) is 11.6 Å². The first kappa shape index (κ1) is 16.7. The molecule has 114 valence electrons. The molecule has 0 atom stereocenters. The Morgan fingerprint density at radius 1 is 1.29 bits per heavy atom. The van der Waals surface area contributed by atoms with Gasteiger partial charge in [0.2, 0.25) is 0 Å². The Kier molecular flexibility index (Phi) is 5.92. The van der Waals surface area contributed by atoms with Gasteiger partial charge in [-0.1, -0.05) is 11.6 Å². The van der Waals surface area contributed by atoms with Gasteiger partial charge in [0, 0.05) is 38.3 Å². The largest absolute Gasteiger partial charge is 0.350 e. The standard InChI is InChI=1S/C12H15ClN4O4/c1-16(2)12(19)15-6-5-14-11(18)9-7-8(13)3-4-10(9)17(20)21/h3-4,7H,5-6H2,1-2H3,(H,14,18)(H,15,19). The Morgan fingerprint density at radius 3 is 2.48 bits per heavy atom. The fourth-order valence-corrected chi connectivity index (χ4v) is 1.62. The van der Waals surface area contributed by atoms with E-state index in [1.54, 1.807) is 14.1 Å². The SMILES string of the molecule is CN(C)C(=O)NCCNC(=O)c1cc(Cl)ccc1[N+](=O)[O-]. The fraction of sp³-hybridized carbons (Fsp3) is 0.333. The number of rotatable bonds is 5. The molecule has 0 saturated heterocycles. The van der Waals surface area contributed by atoms with E-state index in [9.17, 15) is 19.7 Å². The zero-order chi connectivity index (χ0) is 16.0. The highest BCUT2D eigenvalue weighted by atomic mass is 35.5. The number of nitro benzene ring substituents is 1. The van der Waals surface area contributed by atoms with Crippen LogP contribution in [0.3, 0.4) is 0 Å². The molecular weight excluding hydrogens is 300 g/mol. The monoisotopic (exact) mass is 314 g/mol. The van der Waals surface area contributed by atoms with Crippen LogP contribution < -0.4 is 10.6 Å². The van der Waals surface area contributed by atoms with Gasteiger partial charge in [0.05, 0.1) is 4.92 Å². The lowest BCUT2D eigenvalue weighted by molar-refractivity contribution is -0.385. The van der Waals surface area contributed by atoms with E-state index < -0.39 is 10.8 Å². The molecule has 0 fully saturated rings. The van der Waals surface area contributed by atoms with Crippen molar-refractivity contribution in [3.05, 3.63) is 38.9 Å². The number of hydrogen-bond donors (Lipinski definition) is 2. The molecule has 0 aliphatic rings. The van der Waals surface area contributed by atoms with Gasteiger partial charge in [-0.3, -0.25) is 14.9 Å². The van der Waals surface area contributed by atoms with Crippen molar-refractivity contribution in [2.45, 2.75) is 0 Å². The van der Waals surface area contributed by atoms with Crippen LogP contribution in [0, 0.1) is 10.1 Å². The molecule has 0 bridgehead atoms. The third-order valence-electron chi connectivity index (χ3n) is 2.49. The van der Waals surface area contributed by atoms with Gasteiger partial charge in [0.1, 0.15) is 5.56 Å². The first-order chi connectivity index (χ1) is 9.82. The van der Waals surface area contributed by atoms with Crippen LogP contribution in [0.1, 0.15) is 10.4 Å². The third-order valence-corrected chi connectivity index (χ3v) is 2.73. The van der Waals surface area contributed by atoms with Gasteiger partial charge < -0.3 is 15.5 Å². The first-order valence-electron chi connectivity index (χ1n) is 6.00. The summed E-state index contributed by atoms with van der Waals surface area (Å²) in [5.41, 5.74) is -0.444. The van der Waals surface area contributed by atoms with E-state index in [0.29, 0.717) is 0 Å². The van der Waals surface area contributed by atoms with Crippen molar-refractivity contribution in [3.63, 3.8) is 0 Å². The molecule has 1 aromatic rings. The molecule has 1 rings (SSSR count). The third kappa shape index (κ3) is 4.92. The molecule has 8 nitrogen and oxygen atoms in total. The molecule has 0 unspecified atom stereocenters. The van der Waals surface area contributed by atoms with Crippen molar-refractivity contribution in [2.75, 3.05) is 27.2 Å². The summed E-state index contributed by atoms with van der Waals surface area (Å²) in [6.07, 6.45) is 0. The maximum absolute atomic E-state index is 11.9. The van der Waals surface area contributed by atoms with Gasteiger partial charge in [0.15, 0.2) is 0 Å². The summed E-state index contributed by atoms with van der Waals surface area (Å²) in [6.45, 7) is 0.346. The number of urea groups is 1. The van der Waals surface area contributed by atoms with Gasteiger partial charge >= 0.3 is 6.03 Å². The molecule has 0 aromatic heterocycles. The Labute approximate surface area is 126 Å². The molecule has 21 heavy (non-hydrogen) atoms. The fourth-order valence-electron chi connectivity index (χ4n) is 1.45. The molecular formula is C12H15ClN4O4. The van der Waals surface area contributed by atoms with Crippen LogP contribution in [0.5, 0.6) is 0 Å². The maximum Gasteiger partial charge on any atom is 0.316 e. The van der Waals surface area contributed by atoms with Crippen LogP contribution >= 0.6 is 11.6 Å². The number of nitrogens with one attached hydrogen (secondary N) is 2. The number of nitrogens with zero attached hydrogens (tertiary/aromatic N) is 2. The highest BCUT2D eigenvalue weighted by Crippen LogP contribution is 2.22.